The number of piperidine rings is 1. The van der Waals surface area contributed by atoms with Crippen LogP contribution in [0.2, 0.25) is 0 Å². The fourth-order valence-corrected chi connectivity index (χ4v) is 2.39. The van der Waals surface area contributed by atoms with Crippen LogP contribution in [0.1, 0.15) is 33.6 Å². The zero-order valence-corrected chi connectivity index (χ0v) is 12.4. The quantitative estimate of drug-likeness (QED) is 0.717. The molecule has 0 aromatic rings. The van der Waals surface area contributed by atoms with E-state index in [2.05, 4.69) is 31.0 Å². The molecule has 0 aliphatic carbocycles. The number of hydrogen-bond donors (Lipinski definition) is 2. The van der Waals surface area contributed by atoms with Gasteiger partial charge in [-0.05, 0) is 38.8 Å². The van der Waals surface area contributed by atoms with E-state index in [4.69, 9.17) is 4.74 Å². The highest BCUT2D eigenvalue weighted by Gasteiger charge is 2.22. The number of aliphatic hydroxyl groups is 1. The zero-order valence-electron chi connectivity index (χ0n) is 12.4. The summed E-state index contributed by atoms with van der Waals surface area (Å²) >= 11 is 0. The second-order valence-corrected chi connectivity index (χ2v) is 5.88. The lowest BCUT2D eigenvalue weighted by atomic mass is 10.00. The summed E-state index contributed by atoms with van der Waals surface area (Å²) in [5.74, 6) is 0.687. The maximum absolute atomic E-state index is 9.70. The van der Waals surface area contributed by atoms with Crippen LogP contribution in [0.25, 0.3) is 0 Å². The summed E-state index contributed by atoms with van der Waals surface area (Å²) in [5.41, 5.74) is 0. The number of β-amino-alcohol motifs (C(OH)–C–C–N with tert-alkyl or cyclic N) is 1. The molecule has 0 radical (unpaired) electrons. The molecular weight excluding hydrogens is 228 g/mol. The van der Waals surface area contributed by atoms with Gasteiger partial charge in [0.05, 0.1) is 12.7 Å². The van der Waals surface area contributed by atoms with Crippen LogP contribution in [-0.4, -0.2) is 61.5 Å². The number of likely N-dealkylation sites (tertiary alicyclic amines) is 1. The Morgan fingerprint density at radius 2 is 1.89 bits per heavy atom. The van der Waals surface area contributed by atoms with E-state index in [0.29, 0.717) is 24.6 Å². The highest BCUT2D eigenvalue weighted by atomic mass is 16.5. The molecule has 0 spiro atoms. The van der Waals surface area contributed by atoms with E-state index in [1.54, 1.807) is 7.11 Å². The molecule has 0 aromatic carbocycles. The molecule has 2 unspecified atom stereocenters. The maximum atomic E-state index is 9.70. The number of ether oxygens (including phenoxy) is 1. The second kappa shape index (κ2) is 8.10. The van der Waals surface area contributed by atoms with Crippen LogP contribution in [-0.2, 0) is 4.74 Å². The second-order valence-electron chi connectivity index (χ2n) is 5.88. The van der Waals surface area contributed by atoms with Crippen LogP contribution in [0, 0.1) is 5.92 Å². The molecule has 108 valence electrons. The minimum atomic E-state index is -0.353. The third kappa shape index (κ3) is 5.65. The van der Waals surface area contributed by atoms with Crippen LogP contribution in [0.15, 0.2) is 0 Å². The van der Waals surface area contributed by atoms with Gasteiger partial charge in [0.25, 0.3) is 0 Å². The lowest BCUT2D eigenvalue weighted by Gasteiger charge is -2.35. The summed E-state index contributed by atoms with van der Waals surface area (Å²) in [7, 11) is 1.63. The van der Waals surface area contributed by atoms with Crippen molar-refractivity contribution in [3.05, 3.63) is 0 Å². The van der Waals surface area contributed by atoms with Crippen molar-refractivity contribution in [2.24, 2.45) is 5.92 Å². The van der Waals surface area contributed by atoms with E-state index in [1.807, 2.05) is 0 Å². The van der Waals surface area contributed by atoms with E-state index < -0.39 is 0 Å². The highest BCUT2D eigenvalue weighted by molar-refractivity contribution is 4.81. The van der Waals surface area contributed by atoms with Crippen LogP contribution in [0.5, 0.6) is 0 Å². The molecule has 1 fully saturated rings. The Kier molecular flexibility index (Phi) is 7.15. The molecule has 1 aliphatic heterocycles. The Bertz CT molecular complexity index is 216. The summed E-state index contributed by atoms with van der Waals surface area (Å²) in [6, 6.07) is 1.22. The van der Waals surface area contributed by atoms with Gasteiger partial charge in [-0.15, -0.1) is 0 Å². The Labute approximate surface area is 112 Å². The molecule has 1 heterocycles. The van der Waals surface area contributed by atoms with Crippen molar-refractivity contribution in [3.63, 3.8) is 0 Å². The SMILES string of the molecule is COCC(O)CN1CCC(NC(C)C(C)C)CC1. The molecule has 1 aliphatic rings. The molecule has 1 saturated heterocycles. The first-order chi connectivity index (χ1) is 8.52. The van der Waals surface area contributed by atoms with Crippen LogP contribution in [0.3, 0.4) is 0 Å². The fourth-order valence-electron chi connectivity index (χ4n) is 2.39. The molecular formula is C14H30N2O2. The first-order valence-corrected chi connectivity index (χ1v) is 7.18. The smallest absolute Gasteiger partial charge is 0.0900 e. The van der Waals surface area contributed by atoms with Gasteiger partial charge >= 0.3 is 0 Å². The Hall–Kier alpha value is -0.160. The third-order valence-corrected chi connectivity index (χ3v) is 3.91. The topological polar surface area (TPSA) is 44.7 Å². The normalized spacial score (nSPS) is 22.3. The maximum Gasteiger partial charge on any atom is 0.0900 e. The average molecular weight is 258 g/mol. The number of methoxy groups -OCH3 is 1. The Morgan fingerprint density at radius 1 is 1.28 bits per heavy atom. The van der Waals surface area contributed by atoms with Crippen molar-refractivity contribution in [3.8, 4) is 0 Å². The standard InChI is InChI=1S/C14H30N2O2/c1-11(2)12(3)15-13-5-7-16(8-6-13)9-14(17)10-18-4/h11-15,17H,5-10H2,1-4H3. The van der Waals surface area contributed by atoms with Crippen LogP contribution in [0.4, 0.5) is 0 Å². The molecule has 2 N–H and O–H groups in total. The van der Waals surface area contributed by atoms with E-state index in [1.165, 1.54) is 12.8 Å². The monoisotopic (exact) mass is 258 g/mol. The fraction of sp³-hybridized carbons (Fsp3) is 1.00. The lowest BCUT2D eigenvalue weighted by molar-refractivity contribution is 0.0306. The minimum absolute atomic E-state index is 0.353. The third-order valence-electron chi connectivity index (χ3n) is 3.91. The largest absolute Gasteiger partial charge is 0.389 e. The van der Waals surface area contributed by atoms with Gasteiger partial charge in [0, 0.05) is 25.7 Å². The van der Waals surface area contributed by atoms with E-state index >= 15 is 0 Å². The number of aliphatic hydroxyl groups excluding tert-OH is 1. The van der Waals surface area contributed by atoms with Gasteiger partial charge in [-0.2, -0.15) is 0 Å². The molecule has 0 bridgehead atoms. The van der Waals surface area contributed by atoms with Crippen molar-refractivity contribution in [2.45, 2.75) is 51.8 Å². The molecule has 4 nitrogen and oxygen atoms in total. The minimum Gasteiger partial charge on any atom is -0.389 e. The Morgan fingerprint density at radius 3 is 2.39 bits per heavy atom. The van der Waals surface area contributed by atoms with Gasteiger partial charge in [0.1, 0.15) is 0 Å². The molecule has 1 rings (SSSR count). The van der Waals surface area contributed by atoms with Crippen molar-refractivity contribution in [2.75, 3.05) is 33.4 Å². The Balaban J connectivity index is 2.20. The molecule has 0 amide bonds. The summed E-state index contributed by atoms with van der Waals surface area (Å²) < 4.78 is 4.96. The highest BCUT2D eigenvalue weighted by Crippen LogP contribution is 2.13. The summed E-state index contributed by atoms with van der Waals surface area (Å²) in [4.78, 5) is 2.34. The van der Waals surface area contributed by atoms with Crippen molar-refractivity contribution >= 4 is 0 Å². The molecule has 4 heteroatoms. The van der Waals surface area contributed by atoms with Gasteiger partial charge in [0.15, 0.2) is 0 Å². The predicted molar refractivity (Wildman–Crippen MR) is 74.8 cm³/mol. The number of nitrogens with zero attached hydrogens (tertiary/aromatic N) is 1. The summed E-state index contributed by atoms with van der Waals surface area (Å²) in [5, 5.41) is 13.4. The van der Waals surface area contributed by atoms with Crippen molar-refractivity contribution in [1.29, 1.82) is 0 Å². The van der Waals surface area contributed by atoms with E-state index in [0.717, 1.165) is 19.6 Å². The molecule has 18 heavy (non-hydrogen) atoms. The van der Waals surface area contributed by atoms with Gasteiger partial charge in [0.2, 0.25) is 0 Å². The number of hydrogen-bond acceptors (Lipinski definition) is 4. The van der Waals surface area contributed by atoms with Gasteiger partial charge in [-0.1, -0.05) is 13.8 Å². The van der Waals surface area contributed by atoms with E-state index in [-0.39, 0.29) is 6.10 Å². The predicted octanol–water partition coefficient (Wildman–Crippen LogP) is 1.09. The van der Waals surface area contributed by atoms with Crippen LogP contribution >= 0.6 is 0 Å². The number of rotatable bonds is 7. The van der Waals surface area contributed by atoms with Crippen molar-refractivity contribution in [1.82, 2.24) is 10.2 Å². The zero-order chi connectivity index (χ0) is 13.5. The number of nitrogens with one attached hydrogen (secondary N) is 1. The lowest BCUT2D eigenvalue weighted by Crippen LogP contribution is -2.48. The van der Waals surface area contributed by atoms with Gasteiger partial charge in [-0.3, -0.25) is 0 Å². The summed E-state index contributed by atoms with van der Waals surface area (Å²) in [6.07, 6.45) is 2.00. The van der Waals surface area contributed by atoms with Crippen molar-refractivity contribution < 1.29 is 9.84 Å². The van der Waals surface area contributed by atoms with Gasteiger partial charge in [-0.25, -0.2) is 0 Å². The first kappa shape index (κ1) is 15.9. The molecule has 0 saturated carbocycles. The first-order valence-electron chi connectivity index (χ1n) is 7.18. The molecule has 2 atom stereocenters. The summed E-state index contributed by atoms with van der Waals surface area (Å²) in [6.45, 7) is 10.1. The van der Waals surface area contributed by atoms with E-state index in [9.17, 15) is 5.11 Å². The van der Waals surface area contributed by atoms with Crippen LogP contribution < -0.4 is 5.32 Å². The average Bonchev–Trinajstić information content (AvgIpc) is 2.31. The molecule has 0 aromatic heterocycles. The van der Waals surface area contributed by atoms with Gasteiger partial charge < -0.3 is 20.1 Å².